The van der Waals surface area contributed by atoms with E-state index in [4.69, 9.17) is 0 Å². The molecule has 2 heterocycles. The van der Waals surface area contributed by atoms with Crippen LogP contribution in [0.15, 0.2) is 27.8 Å². The predicted molar refractivity (Wildman–Crippen MR) is 70.1 cm³/mol. The standard InChI is InChI=1S/C13H15N3O2/c1-8-3-2-4-10-11(8)12(17)16(13(18)15-10)9-5-6-14-7-9/h2-4,9,14H,5-7H2,1H3,(H,15,18). The molecule has 2 N–H and O–H groups in total. The van der Waals surface area contributed by atoms with E-state index in [0.717, 1.165) is 18.5 Å². The number of nitrogens with one attached hydrogen (secondary N) is 2. The number of nitrogens with zero attached hydrogens (tertiary/aromatic N) is 1. The van der Waals surface area contributed by atoms with Crippen molar-refractivity contribution in [2.45, 2.75) is 19.4 Å². The maximum atomic E-state index is 12.5. The third-order valence-corrected chi connectivity index (χ3v) is 3.57. The Labute approximate surface area is 103 Å². The van der Waals surface area contributed by atoms with Gasteiger partial charge in [-0.3, -0.25) is 9.36 Å². The molecule has 1 aromatic carbocycles. The number of hydrogen-bond acceptors (Lipinski definition) is 3. The fraction of sp³-hybridized carbons (Fsp3) is 0.385. The molecule has 1 saturated heterocycles. The normalized spacial score (nSPS) is 19.5. The minimum atomic E-state index is -0.313. The van der Waals surface area contributed by atoms with Crippen LogP contribution in [-0.4, -0.2) is 22.6 Å². The maximum absolute atomic E-state index is 12.5. The first-order valence-electron chi connectivity index (χ1n) is 6.13. The first-order valence-corrected chi connectivity index (χ1v) is 6.13. The Kier molecular flexibility index (Phi) is 2.56. The van der Waals surface area contributed by atoms with E-state index in [0.29, 0.717) is 17.4 Å². The van der Waals surface area contributed by atoms with Crippen LogP contribution in [0.3, 0.4) is 0 Å². The van der Waals surface area contributed by atoms with Crippen LogP contribution in [0.5, 0.6) is 0 Å². The second-order valence-electron chi connectivity index (χ2n) is 4.75. The highest BCUT2D eigenvalue weighted by atomic mass is 16.2. The van der Waals surface area contributed by atoms with Crippen molar-refractivity contribution in [1.29, 1.82) is 0 Å². The van der Waals surface area contributed by atoms with Crippen LogP contribution in [-0.2, 0) is 0 Å². The Morgan fingerprint density at radius 1 is 1.33 bits per heavy atom. The molecular weight excluding hydrogens is 230 g/mol. The highest BCUT2D eigenvalue weighted by Crippen LogP contribution is 2.14. The Balaban J connectivity index is 2.36. The fourth-order valence-corrected chi connectivity index (χ4v) is 2.64. The highest BCUT2D eigenvalue weighted by molar-refractivity contribution is 5.80. The Morgan fingerprint density at radius 2 is 2.17 bits per heavy atom. The van der Waals surface area contributed by atoms with Crippen molar-refractivity contribution in [3.8, 4) is 0 Å². The number of aromatic amines is 1. The molecule has 5 nitrogen and oxygen atoms in total. The lowest BCUT2D eigenvalue weighted by atomic mass is 10.1. The lowest BCUT2D eigenvalue weighted by Gasteiger charge is -2.12. The predicted octanol–water partition coefficient (Wildman–Crippen LogP) is 0.533. The minimum Gasteiger partial charge on any atom is -0.315 e. The lowest BCUT2D eigenvalue weighted by Crippen LogP contribution is -2.39. The number of aromatic nitrogens is 2. The van der Waals surface area contributed by atoms with E-state index < -0.39 is 0 Å². The van der Waals surface area contributed by atoms with Crippen LogP contribution in [0.1, 0.15) is 18.0 Å². The fourth-order valence-electron chi connectivity index (χ4n) is 2.64. The second kappa shape index (κ2) is 4.10. The lowest BCUT2D eigenvalue weighted by molar-refractivity contribution is 0.508. The van der Waals surface area contributed by atoms with Crippen LogP contribution in [0.2, 0.25) is 0 Å². The molecule has 2 aromatic rings. The van der Waals surface area contributed by atoms with E-state index in [2.05, 4.69) is 10.3 Å². The number of rotatable bonds is 1. The molecule has 1 aliphatic heterocycles. The summed E-state index contributed by atoms with van der Waals surface area (Å²) in [4.78, 5) is 27.3. The van der Waals surface area contributed by atoms with Gasteiger partial charge >= 0.3 is 5.69 Å². The molecule has 1 unspecified atom stereocenters. The number of benzene rings is 1. The molecule has 5 heteroatoms. The Hall–Kier alpha value is -1.88. The van der Waals surface area contributed by atoms with Gasteiger partial charge in [0.2, 0.25) is 0 Å². The summed E-state index contributed by atoms with van der Waals surface area (Å²) >= 11 is 0. The molecule has 1 aliphatic rings. The van der Waals surface area contributed by atoms with Crippen molar-refractivity contribution >= 4 is 10.9 Å². The second-order valence-corrected chi connectivity index (χ2v) is 4.75. The number of H-pyrrole nitrogens is 1. The summed E-state index contributed by atoms with van der Waals surface area (Å²) in [7, 11) is 0. The van der Waals surface area contributed by atoms with Crippen LogP contribution in [0.4, 0.5) is 0 Å². The number of fused-ring (bicyclic) bond motifs is 1. The van der Waals surface area contributed by atoms with E-state index in [1.54, 1.807) is 6.07 Å². The Bertz CT molecular complexity index is 708. The molecule has 0 aliphatic carbocycles. The van der Waals surface area contributed by atoms with Crippen molar-refractivity contribution in [3.63, 3.8) is 0 Å². The van der Waals surface area contributed by atoms with E-state index in [-0.39, 0.29) is 17.3 Å². The first-order chi connectivity index (χ1) is 8.68. The highest BCUT2D eigenvalue weighted by Gasteiger charge is 2.21. The number of hydrogen-bond donors (Lipinski definition) is 2. The quantitative estimate of drug-likeness (QED) is 0.770. The van der Waals surface area contributed by atoms with Crippen molar-refractivity contribution < 1.29 is 0 Å². The smallest absolute Gasteiger partial charge is 0.315 e. The van der Waals surface area contributed by atoms with Gasteiger partial charge in [0.25, 0.3) is 5.56 Å². The minimum absolute atomic E-state index is 0.0368. The van der Waals surface area contributed by atoms with Crippen molar-refractivity contribution in [2.75, 3.05) is 13.1 Å². The molecule has 1 aromatic heterocycles. The summed E-state index contributed by atoms with van der Waals surface area (Å²) in [5.74, 6) is 0. The first kappa shape index (κ1) is 11.2. The molecule has 3 rings (SSSR count). The van der Waals surface area contributed by atoms with Gasteiger partial charge in [-0.15, -0.1) is 0 Å². The molecule has 0 amide bonds. The molecule has 0 bridgehead atoms. The molecular formula is C13H15N3O2. The molecule has 94 valence electrons. The summed E-state index contributed by atoms with van der Waals surface area (Å²) < 4.78 is 1.36. The van der Waals surface area contributed by atoms with E-state index in [1.807, 2.05) is 19.1 Å². The van der Waals surface area contributed by atoms with Crippen molar-refractivity contribution in [3.05, 3.63) is 44.6 Å². The van der Waals surface area contributed by atoms with E-state index in [9.17, 15) is 9.59 Å². The van der Waals surface area contributed by atoms with E-state index in [1.165, 1.54) is 4.57 Å². The maximum Gasteiger partial charge on any atom is 0.329 e. The third kappa shape index (κ3) is 1.59. The molecule has 0 saturated carbocycles. The van der Waals surface area contributed by atoms with Crippen LogP contribution in [0.25, 0.3) is 10.9 Å². The van der Waals surface area contributed by atoms with Gasteiger partial charge in [0.05, 0.1) is 16.9 Å². The topological polar surface area (TPSA) is 66.9 Å². The van der Waals surface area contributed by atoms with Crippen LogP contribution in [0, 0.1) is 6.92 Å². The van der Waals surface area contributed by atoms with Crippen molar-refractivity contribution in [2.24, 2.45) is 0 Å². The van der Waals surface area contributed by atoms with Gasteiger partial charge < -0.3 is 10.3 Å². The van der Waals surface area contributed by atoms with Gasteiger partial charge in [0.15, 0.2) is 0 Å². The summed E-state index contributed by atoms with van der Waals surface area (Å²) in [5, 5.41) is 3.79. The third-order valence-electron chi connectivity index (χ3n) is 3.57. The van der Waals surface area contributed by atoms with Gasteiger partial charge in [-0.05, 0) is 31.5 Å². The average Bonchev–Trinajstić information content (AvgIpc) is 2.82. The number of aryl methyl sites for hydroxylation is 1. The largest absolute Gasteiger partial charge is 0.329 e. The van der Waals surface area contributed by atoms with Gasteiger partial charge in [-0.1, -0.05) is 12.1 Å². The summed E-state index contributed by atoms with van der Waals surface area (Å²) in [6.07, 6.45) is 0.820. The molecule has 1 atom stereocenters. The average molecular weight is 245 g/mol. The van der Waals surface area contributed by atoms with Gasteiger partial charge in [0, 0.05) is 6.54 Å². The molecule has 0 radical (unpaired) electrons. The summed E-state index contributed by atoms with van der Waals surface area (Å²) in [5.41, 5.74) is 1.02. The zero-order valence-corrected chi connectivity index (χ0v) is 10.2. The van der Waals surface area contributed by atoms with Crippen LogP contribution >= 0.6 is 0 Å². The van der Waals surface area contributed by atoms with Crippen molar-refractivity contribution in [1.82, 2.24) is 14.9 Å². The van der Waals surface area contributed by atoms with E-state index >= 15 is 0 Å². The Morgan fingerprint density at radius 3 is 2.89 bits per heavy atom. The van der Waals surface area contributed by atoms with Gasteiger partial charge in [0.1, 0.15) is 0 Å². The van der Waals surface area contributed by atoms with Gasteiger partial charge in [-0.2, -0.15) is 0 Å². The molecule has 18 heavy (non-hydrogen) atoms. The van der Waals surface area contributed by atoms with Gasteiger partial charge in [-0.25, -0.2) is 4.79 Å². The zero-order valence-electron chi connectivity index (χ0n) is 10.2. The molecule has 1 fully saturated rings. The monoisotopic (exact) mass is 245 g/mol. The summed E-state index contributed by atoms with van der Waals surface area (Å²) in [6.45, 7) is 3.42. The molecule has 0 spiro atoms. The summed E-state index contributed by atoms with van der Waals surface area (Å²) in [6, 6.07) is 5.46. The van der Waals surface area contributed by atoms with Crippen LogP contribution < -0.4 is 16.6 Å². The SMILES string of the molecule is Cc1cccc2[nH]c(=O)n(C3CCNC3)c(=O)c12. The zero-order chi connectivity index (χ0) is 12.7.